The lowest BCUT2D eigenvalue weighted by Gasteiger charge is -2.28. The molecule has 2 aliphatic rings. The molecule has 2 aliphatic heterocycles. The minimum atomic E-state index is -0.287. The zero-order chi connectivity index (χ0) is 13.0. The topological polar surface area (TPSA) is 61.4 Å². The van der Waals surface area contributed by atoms with Gasteiger partial charge in [-0.3, -0.25) is 9.59 Å². The fourth-order valence-electron chi connectivity index (χ4n) is 2.76. The van der Waals surface area contributed by atoms with Crippen LogP contribution in [0.2, 0.25) is 0 Å². The van der Waals surface area contributed by atoms with Gasteiger partial charge in [0.15, 0.2) is 0 Å². The number of hydrogen-bond donors (Lipinski definition) is 2. The van der Waals surface area contributed by atoms with Crippen molar-refractivity contribution in [3.63, 3.8) is 0 Å². The van der Waals surface area contributed by atoms with Crippen molar-refractivity contribution < 1.29 is 9.59 Å². The molecule has 0 aliphatic carbocycles. The summed E-state index contributed by atoms with van der Waals surface area (Å²) in [5.74, 6) is 0.0974. The largest absolute Gasteiger partial charge is 0.344 e. The Labute approximate surface area is 108 Å². The van der Waals surface area contributed by atoms with Gasteiger partial charge in [-0.05, 0) is 32.2 Å². The lowest BCUT2D eigenvalue weighted by molar-refractivity contribution is -0.134. The number of rotatable bonds is 5. The first-order valence-corrected chi connectivity index (χ1v) is 7.02. The minimum Gasteiger partial charge on any atom is -0.344 e. The molecule has 5 heteroatoms. The Balaban J connectivity index is 1.90. The van der Waals surface area contributed by atoms with E-state index >= 15 is 0 Å². The molecule has 0 aromatic carbocycles. The SMILES string of the molecule is CCCN(CC1CCCN1)C(=O)C1CCC(=O)N1. The highest BCUT2D eigenvalue weighted by atomic mass is 16.2. The van der Waals surface area contributed by atoms with Crippen LogP contribution in [-0.2, 0) is 9.59 Å². The van der Waals surface area contributed by atoms with Gasteiger partial charge < -0.3 is 15.5 Å². The van der Waals surface area contributed by atoms with E-state index in [2.05, 4.69) is 17.6 Å². The van der Waals surface area contributed by atoms with Crippen molar-refractivity contribution >= 4 is 11.8 Å². The zero-order valence-electron chi connectivity index (χ0n) is 11.1. The molecule has 2 fully saturated rings. The minimum absolute atomic E-state index is 0.00351. The Morgan fingerprint density at radius 3 is 2.83 bits per heavy atom. The first kappa shape index (κ1) is 13.3. The van der Waals surface area contributed by atoms with Gasteiger partial charge in [0.25, 0.3) is 0 Å². The molecule has 0 saturated carbocycles. The van der Waals surface area contributed by atoms with Crippen LogP contribution in [0.15, 0.2) is 0 Å². The maximum Gasteiger partial charge on any atom is 0.245 e. The first-order chi connectivity index (χ1) is 8.70. The lowest BCUT2D eigenvalue weighted by atomic mass is 10.1. The fourth-order valence-corrected chi connectivity index (χ4v) is 2.76. The molecule has 0 aromatic heterocycles. The predicted molar refractivity (Wildman–Crippen MR) is 69.1 cm³/mol. The molecule has 2 amide bonds. The normalized spacial score (nSPS) is 27.3. The van der Waals surface area contributed by atoms with Crippen molar-refractivity contribution in [3.05, 3.63) is 0 Å². The molecule has 0 bridgehead atoms. The third-order valence-electron chi connectivity index (χ3n) is 3.70. The van der Waals surface area contributed by atoms with E-state index < -0.39 is 0 Å². The summed E-state index contributed by atoms with van der Waals surface area (Å²) in [6.07, 6.45) is 4.43. The van der Waals surface area contributed by atoms with E-state index in [1.165, 1.54) is 6.42 Å². The Kier molecular flexibility index (Phi) is 4.58. The highest BCUT2D eigenvalue weighted by Gasteiger charge is 2.31. The second-order valence-corrected chi connectivity index (χ2v) is 5.24. The van der Waals surface area contributed by atoms with E-state index in [1.54, 1.807) is 0 Å². The molecule has 0 spiro atoms. The summed E-state index contributed by atoms with van der Waals surface area (Å²) in [6.45, 7) is 4.69. The molecule has 5 nitrogen and oxygen atoms in total. The van der Waals surface area contributed by atoms with Crippen LogP contribution in [0.3, 0.4) is 0 Å². The molecule has 2 unspecified atom stereocenters. The van der Waals surface area contributed by atoms with Crippen LogP contribution in [-0.4, -0.2) is 48.4 Å². The van der Waals surface area contributed by atoms with Crippen molar-refractivity contribution in [2.24, 2.45) is 0 Å². The van der Waals surface area contributed by atoms with Gasteiger partial charge >= 0.3 is 0 Å². The fraction of sp³-hybridized carbons (Fsp3) is 0.846. The Morgan fingerprint density at radius 2 is 2.28 bits per heavy atom. The van der Waals surface area contributed by atoms with Crippen LogP contribution in [0.4, 0.5) is 0 Å². The summed E-state index contributed by atoms with van der Waals surface area (Å²) >= 11 is 0. The number of nitrogens with zero attached hydrogens (tertiary/aromatic N) is 1. The summed E-state index contributed by atoms with van der Waals surface area (Å²) in [6, 6.07) is 0.142. The van der Waals surface area contributed by atoms with E-state index in [9.17, 15) is 9.59 Å². The lowest BCUT2D eigenvalue weighted by Crippen LogP contribution is -2.48. The van der Waals surface area contributed by atoms with Gasteiger partial charge in [-0.1, -0.05) is 6.92 Å². The van der Waals surface area contributed by atoms with Gasteiger partial charge in [0, 0.05) is 25.6 Å². The molecule has 2 atom stereocenters. The van der Waals surface area contributed by atoms with Crippen LogP contribution in [0.25, 0.3) is 0 Å². The van der Waals surface area contributed by atoms with Gasteiger partial charge in [0.2, 0.25) is 11.8 Å². The third kappa shape index (κ3) is 3.22. The molecule has 102 valence electrons. The standard InChI is InChI=1S/C13H23N3O2/c1-2-8-16(9-10-4-3-7-14-10)13(18)11-5-6-12(17)15-11/h10-11,14H,2-9H2,1H3,(H,15,17). The summed E-state index contributed by atoms with van der Waals surface area (Å²) in [4.78, 5) is 25.5. The van der Waals surface area contributed by atoms with Crippen molar-refractivity contribution in [2.75, 3.05) is 19.6 Å². The highest BCUT2D eigenvalue weighted by Crippen LogP contribution is 2.13. The average Bonchev–Trinajstić information content (AvgIpc) is 2.99. The van der Waals surface area contributed by atoms with E-state index in [0.717, 1.165) is 32.5 Å². The molecule has 2 heterocycles. The third-order valence-corrected chi connectivity index (χ3v) is 3.70. The zero-order valence-corrected chi connectivity index (χ0v) is 11.1. The van der Waals surface area contributed by atoms with Crippen molar-refractivity contribution in [1.82, 2.24) is 15.5 Å². The number of amides is 2. The molecular formula is C13H23N3O2. The number of hydrogen-bond acceptors (Lipinski definition) is 3. The van der Waals surface area contributed by atoms with Gasteiger partial charge in [-0.2, -0.15) is 0 Å². The van der Waals surface area contributed by atoms with Crippen molar-refractivity contribution in [2.45, 2.75) is 51.1 Å². The Hall–Kier alpha value is -1.10. The Bertz CT molecular complexity index is 313. The molecule has 2 N–H and O–H groups in total. The molecule has 2 rings (SSSR count). The van der Waals surface area contributed by atoms with Crippen LogP contribution in [0, 0.1) is 0 Å². The monoisotopic (exact) mass is 253 g/mol. The van der Waals surface area contributed by atoms with Crippen LogP contribution in [0.1, 0.15) is 39.0 Å². The molecule has 0 aromatic rings. The van der Waals surface area contributed by atoms with E-state index in [-0.39, 0.29) is 17.9 Å². The van der Waals surface area contributed by atoms with Gasteiger partial charge in [0.05, 0.1) is 0 Å². The van der Waals surface area contributed by atoms with Gasteiger partial charge in [-0.15, -0.1) is 0 Å². The van der Waals surface area contributed by atoms with Crippen molar-refractivity contribution in [3.8, 4) is 0 Å². The van der Waals surface area contributed by atoms with E-state index in [0.29, 0.717) is 18.9 Å². The maximum atomic E-state index is 12.4. The highest BCUT2D eigenvalue weighted by molar-refractivity contribution is 5.90. The molecule has 18 heavy (non-hydrogen) atoms. The first-order valence-electron chi connectivity index (χ1n) is 7.02. The molecule has 0 radical (unpaired) electrons. The van der Waals surface area contributed by atoms with E-state index in [1.807, 2.05) is 4.90 Å². The van der Waals surface area contributed by atoms with Crippen LogP contribution in [0.5, 0.6) is 0 Å². The number of nitrogens with one attached hydrogen (secondary N) is 2. The second-order valence-electron chi connectivity index (χ2n) is 5.24. The summed E-state index contributed by atoms with van der Waals surface area (Å²) in [7, 11) is 0. The van der Waals surface area contributed by atoms with Gasteiger partial charge in [0.1, 0.15) is 6.04 Å². The average molecular weight is 253 g/mol. The Morgan fingerprint density at radius 1 is 1.44 bits per heavy atom. The molecular weight excluding hydrogens is 230 g/mol. The predicted octanol–water partition coefficient (Wildman–Crippen LogP) is 0.256. The van der Waals surface area contributed by atoms with Gasteiger partial charge in [-0.25, -0.2) is 0 Å². The van der Waals surface area contributed by atoms with Crippen LogP contribution >= 0.6 is 0 Å². The number of carbonyl (C=O) groups excluding carboxylic acids is 2. The molecule has 2 saturated heterocycles. The van der Waals surface area contributed by atoms with Crippen molar-refractivity contribution in [1.29, 1.82) is 0 Å². The smallest absolute Gasteiger partial charge is 0.245 e. The summed E-state index contributed by atoms with van der Waals surface area (Å²) in [5, 5.41) is 6.19. The maximum absolute atomic E-state index is 12.4. The van der Waals surface area contributed by atoms with Crippen LogP contribution < -0.4 is 10.6 Å². The number of carbonyl (C=O) groups is 2. The summed E-state index contributed by atoms with van der Waals surface area (Å²) < 4.78 is 0. The van der Waals surface area contributed by atoms with E-state index in [4.69, 9.17) is 0 Å². The second kappa shape index (κ2) is 6.18. The quantitative estimate of drug-likeness (QED) is 0.738. The summed E-state index contributed by atoms with van der Waals surface area (Å²) in [5.41, 5.74) is 0.